The van der Waals surface area contributed by atoms with Gasteiger partial charge in [0, 0.05) is 24.8 Å². The van der Waals surface area contributed by atoms with Gasteiger partial charge in [0.1, 0.15) is 5.76 Å². The maximum Gasteiger partial charge on any atom is 0.220 e. The number of amides is 1. The quantitative estimate of drug-likeness (QED) is 0.763. The summed E-state index contributed by atoms with van der Waals surface area (Å²) in [7, 11) is 0. The van der Waals surface area contributed by atoms with E-state index >= 15 is 0 Å². The summed E-state index contributed by atoms with van der Waals surface area (Å²) >= 11 is 5.72. The Morgan fingerprint density at radius 1 is 1.53 bits per heavy atom. The lowest BCUT2D eigenvalue weighted by atomic mass is 10.0. The van der Waals surface area contributed by atoms with E-state index in [0.717, 1.165) is 12.2 Å². The number of halogens is 1. The number of carbonyl (C=O) groups is 1. The van der Waals surface area contributed by atoms with Gasteiger partial charge in [0.15, 0.2) is 0 Å². The predicted molar refractivity (Wildman–Crippen MR) is 69.1 cm³/mol. The van der Waals surface area contributed by atoms with Crippen LogP contribution in [0.25, 0.3) is 0 Å². The molecule has 1 aromatic rings. The Morgan fingerprint density at radius 3 is 2.82 bits per heavy atom. The Kier molecular flexibility index (Phi) is 6.12. The van der Waals surface area contributed by atoms with Crippen molar-refractivity contribution < 1.29 is 9.21 Å². The summed E-state index contributed by atoms with van der Waals surface area (Å²) in [6.45, 7) is 4.17. The molecule has 0 aliphatic heterocycles. The summed E-state index contributed by atoms with van der Waals surface area (Å²) < 4.78 is 5.18. The maximum absolute atomic E-state index is 11.7. The predicted octanol–water partition coefficient (Wildman–Crippen LogP) is 2.98. The second-order valence-electron chi connectivity index (χ2n) is 4.48. The molecule has 17 heavy (non-hydrogen) atoms. The molecule has 0 saturated heterocycles. The highest BCUT2D eigenvalue weighted by Crippen LogP contribution is 2.08. The van der Waals surface area contributed by atoms with Crippen molar-refractivity contribution in [3.8, 4) is 0 Å². The van der Waals surface area contributed by atoms with Crippen molar-refractivity contribution in [3.63, 3.8) is 0 Å². The van der Waals surface area contributed by atoms with Gasteiger partial charge in [0.25, 0.3) is 0 Å². The number of hydrogen-bond acceptors (Lipinski definition) is 2. The highest BCUT2D eigenvalue weighted by atomic mass is 35.5. The van der Waals surface area contributed by atoms with Crippen molar-refractivity contribution >= 4 is 17.5 Å². The van der Waals surface area contributed by atoms with Gasteiger partial charge in [0.05, 0.1) is 6.26 Å². The fourth-order valence-corrected chi connectivity index (χ4v) is 1.90. The minimum absolute atomic E-state index is 0.0604. The molecule has 1 heterocycles. The monoisotopic (exact) mass is 257 g/mol. The van der Waals surface area contributed by atoms with Crippen LogP contribution in [-0.4, -0.2) is 17.8 Å². The van der Waals surface area contributed by atoms with Gasteiger partial charge in [-0.3, -0.25) is 4.79 Å². The highest BCUT2D eigenvalue weighted by Gasteiger charge is 2.15. The second-order valence-corrected chi connectivity index (χ2v) is 4.85. The zero-order chi connectivity index (χ0) is 12.7. The standard InChI is InChI=1S/C13H20ClNO2/c1-10(2)12(7-8-14)15-13(16)6-5-11-4-3-9-17-11/h3-4,9-10,12H,5-8H2,1-2H3,(H,15,16). The van der Waals surface area contributed by atoms with E-state index in [-0.39, 0.29) is 11.9 Å². The first kappa shape index (κ1) is 14.1. The molecule has 1 N–H and O–H groups in total. The van der Waals surface area contributed by atoms with Gasteiger partial charge >= 0.3 is 0 Å². The Balaban J connectivity index is 2.32. The largest absolute Gasteiger partial charge is 0.469 e. The van der Waals surface area contributed by atoms with Crippen LogP contribution in [-0.2, 0) is 11.2 Å². The van der Waals surface area contributed by atoms with Crippen molar-refractivity contribution in [1.82, 2.24) is 5.32 Å². The molecule has 0 aliphatic carbocycles. The molecule has 0 radical (unpaired) electrons. The summed E-state index contributed by atoms with van der Waals surface area (Å²) in [4.78, 5) is 11.7. The van der Waals surface area contributed by atoms with E-state index in [1.54, 1.807) is 6.26 Å². The van der Waals surface area contributed by atoms with Gasteiger partial charge in [-0.05, 0) is 24.5 Å². The van der Waals surface area contributed by atoms with Crippen molar-refractivity contribution in [1.29, 1.82) is 0 Å². The van der Waals surface area contributed by atoms with E-state index in [1.165, 1.54) is 0 Å². The molecular formula is C13H20ClNO2. The molecule has 3 nitrogen and oxygen atoms in total. The van der Waals surface area contributed by atoms with Crippen LogP contribution in [0.2, 0.25) is 0 Å². The summed E-state index contributed by atoms with van der Waals surface area (Å²) in [6.07, 6.45) is 3.53. The van der Waals surface area contributed by atoms with Crippen LogP contribution in [0.3, 0.4) is 0 Å². The maximum atomic E-state index is 11.7. The van der Waals surface area contributed by atoms with Gasteiger partial charge in [-0.2, -0.15) is 0 Å². The van der Waals surface area contributed by atoms with E-state index in [9.17, 15) is 4.79 Å². The molecule has 1 rings (SSSR count). The van der Waals surface area contributed by atoms with E-state index in [4.69, 9.17) is 16.0 Å². The molecule has 0 bridgehead atoms. The number of hydrogen-bond donors (Lipinski definition) is 1. The average molecular weight is 258 g/mol. The number of furan rings is 1. The zero-order valence-electron chi connectivity index (χ0n) is 10.4. The molecule has 0 aliphatic rings. The fourth-order valence-electron chi connectivity index (χ4n) is 1.66. The lowest BCUT2D eigenvalue weighted by Crippen LogP contribution is -2.38. The minimum Gasteiger partial charge on any atom is -0.469 e. The highest BCUT2D eigenvalue weighted by molar-refractivity contribution is 6.17. The molecule has 4 heteroatoms. The number of aryl methyl sites for hydroxylation is 1. The summed E-state index contributed by atoms with van der Waals surface area (Å²) in [5.41, 5.74) is 0. The fraction of sp³-hybridized carbons (Fsp3) is 0.615. The molecule has 0 saturated carbocycles. The molecule has 1 unspecified atom stereocenters. The SMILES string of the molecule is CC(C)C(CCCl)NC(=O)CCc1ccco1. The summed E-state index contributed by atoms with van der Waals surface area (Å²) in [5.74, 6) is 1.88. The van der Waals surface area contributed by atoms with Crippen molar-refractivity contribution in [3.05, 3.63) is 24.2 Å². The molecule has 96 valence electrons. The van der Waals surface area contributed by atoms with Crippen molar-refractivity contribution in [2.45, 2.75) is 39.2 Å². The summed E-state index contributed by atoms with van der Waals surface area (Å²) in [6, 6.07) is 3.88. The van der Waals surface area contributed by atoms with Crippen LogP contribution < -0.4 is 5.32 Å². The van der Waals surface area contributed by atoms with Crippen LogP contribution in [0.1, 0.15) is 32.4 Å². The zero-order valence-corrected chi connectivity index (χ0v) is 11.2. The molecule has 1 atom stereocenters. The van der Waals surface area contributed by atoms with E-state index in [2.05, 4.69) is 19.2 Å². The molecule has 1 aromatic heterocycles. The minimum atomic E-state index is 0.0604. The smallest absolute Gasteiger partial charge is 0.220 e. The number of nitrogens with one attached hydrogen (secondary N) is 1. The van der Waals surface area contributed by atoms with Gasteiger partial charge in [-0.25, -0.2) is 0 Å². The third-order valence-electron chi connectivity index (χ3n) is 2.75. The third kappa shape index (κ3) is 5.26. The first-order valence-electron chi connectivity index (χ1n) is 6.01. The molecule has 0 fully saturated rings. The Morgan fingerprint density at radius 2 is 2.29 bits per heavy atom. The second kappa shape index (κ2) is 7.38. The van der Waals surface area contributed by atoms with Gasteiger partial charge in [-0.1, -0.05) is 13.8 Å². The van der Waals surface area contributed by atoms with Gasteiger partial charge in [-0.15, -0.1) is 11.6 Å². The van der Waals surface area contributed by atoms with Crippen LogP contribution in [0.15, 0.2) is 22.8 Å². The van der Waals surface area contributed by atoms with E-state index < -0.39 is 0 Å². The number of rotatable bonds is 7. The van der Waals surface area contributed by atoms with Crippen molar-refractivity contribution in [2.75, 3.05) is 5.88 Å². The van der Waals surface area contributed by atoms with Crippen molar-refractivity contribution in [2.24, 2.45) is 5.92 Å². The molecule has 0 aromatic carbocycles. The lowest BCUT2D eigenvalue weighted by Gasteiger charge is -2.21. The van der Waals surface area contributed by atoms with Gasteiger partial charge in [0.2, 0.25) is 5.91 Å². The van der Waals surface area contributed by atoms with E-state index in [1.807, 2.05) is 12.1 Å². The average Bonchev–Trinajstić information content (AvgIpc) is 2.78. The Bertz CT molecular complexity index is 322. The van der Waals surface area contributed by atoms with Crippen LogP contribution in [0.4, 0.5) is 0 Å². The topological polar surface area (TPSA) is 42.2 Å². The Hall–Kier alpha value is -0.960. The number of carbonyl (C=O) groups excluding carboxylic acids is 1. The molecule has 1 amide bonds. The molecule has 0 spiro atoms. The van der Waals surface area contributed by atoms with Crippen LogP contribution in [0.5, 0.6) is 0 Å². The summed E-state index contributed by atoms with van der Waals surface area (Å²) in [5, 5.41) is 3.01. The van der Waals surface area contributed by atoms with Crippen LogP contribution in [0, 0.1) is 5.92 Å². The Labute approximate surface area is 108 Å². The first-order valence-corrected chi connectivity index (χ1v) is 6.54. The third-order valence-corrected chi connectivity index (χ3v) is 2.97. The first-order chi connectivity index (χ1) is 8.13. The molecular weight excluding hydrogens is 238 g/mol. The van der Waals surface area contributed by atoms with Gasteiger partial charge < -0.3 is 9.73 Å². The lowest BCUT2D eigenvalue weighted by molar-refractivity contribution is -0.122. The van der Waals surface area contributed by atoms with E-state index in [0.29, 0.717) is 24.6 Å². The van der Waals surface area contributed by atoms with Crippen LogP contribution >= 0.6 is 11.6 Å². The number of alkyl halides is 1. The normalized spacial score (nSPS) is 12.7.